The van der Waals surface area contributed by atoms with E-state index >= 15 is 0 Å². The normalized spacial score (nSPS) is 14.4. The van der Waals surface area contributed by atoms with Crippen LogP contribution in [0.5, 0.6) is 0 Å². The first-order valence-corrected chi connectivity index (χ1v) is 6.94. The molecule has 0 N–H and O–H groups in total. The molecule has 1 aliphatic rings. The minimum absolute atomic E-state index is 0.308. The Hall–Kier alpha value is -2.22. The van der Waals surface area contributed by atoms with Gasteiger partial charge in [0.15, 0.2) is 0 Å². The highest BCUT2D eigenvalue weighted by molar-refractivity contribution is 5.81. The van der Waals surface area contributed by atoms with E-state index in [1.54, 1.807) is 12.1 Å². The molecule has 2 aromatic carbocycles. The van der Waals surface area contributed by atoms with E-state index in [2.05, 4.69) is 13.2 Å². The molecule has 0 atom stereocenters. The quantitative estimate of drug-likeness (QED) is 0.660. The van der Waals surface area contributed by atoms with E-state index in [0.29, 0.717) is 12.8 Å². The molecule has 0 saturated heterocycles. The number of hydrogen-bond acceptors (Lipinski definition) is 0. The van der Waals surface area contributed by atoms with E-state index in [0.717, 1.165) is 22.3 Å². The second kappa shape index (κ2) is 4.96. The molecule has 0 radical (unpaired) electrons. The lowest BCUT2D eigenvalue weighted by Gasteiger charge is -2.30. The predicted octanol–water partition coefficient (Wildman–Crippen LogP) is 5.38. The molecule has 0 heterocycles. The first-order valence-electron chi connectivity index (χ1n) is 6.94. The summed E-state index contributed by atoms with van der Waals surface area (Å²) in [6.07, 6.45) is 5.12. The van der Waals surface area contributed by atoms with Crippen LogP contribution in [-0.2, 0) is 5.41 Å². The fraction of sp³-hybridized carbons (Fsp3) is 0.158. The summed E-state index contributed by atoms with van der Waals surface area (Å²) in [6, 6.07) is 9.50. The third-order valence-electron chi connectivity index (χ3n) is 4.27. The van der Waals surface area contributed by atoms with Gasteiger partial charge in [-0.15, -0.1) is 13.2 Å². The van der Waals surface area contributed by atoms with E-state index in [9.17, 15) is 8.78 Å². The van der Waals surface area contributed by atoms with Crippen LogP contribution in [0.1, 0.15) is 24.0 Å². The van der Waals surface area contributed by atoms with Crippen molar-refractivity contribution in [3.05, 3.63) is 84.5 Å². The second-order valence-corrected chi connectivity index (χ2v) is 5.45. The van der Waals surface area contributed by atoms with Crippen LogP contribution in [-0.4, -0.2) is 0 Å². The molecule has 3 rings (SSSR count). The molecule has 0 unspecified atom stereocenters. The second-order valence-electron chi connectivity index (χ2n) is 5.45. The van der Waals surface area contributed by atoms with Crippen molar-refractivity contribution in [2.75, 3.05) is 0 Å². The molecular formula is C19H16F2. The van der Waals surface area contributed by atoms with Gasteiger partial charge in [-0.2, -0.15) is 0 Å². The summed E-state index contributed by atoms with van der Waals surface area (Å²) in [5.74, 6) is -0.617. The molecule has 0 aromatic heterocycles. The molecule has 0 aliphatic heterocycles. The molecule has 2 heteroatoms. The van der Waals surface area contributed by atoms with Crippen molar-refractivity contribution < 1.29 is 8.78 Å². The highest BCUT2D eigenvalue weighted by Gasteiger charge is 2.41. The average Bonchev–Trinajstić information content (AvgIpc) is 2.70. The van der Waals surface area contributed by atoms with Gasteiger partial charge in [0.25, 0.3) is 0 Å². The fourth-order valence-corrected chi connectivity index (χ4v) is 3.47. The third kappa shape index (κ3) is 1.94. The molecule has 21 heavy (non-hydrogen) atoms. The van der Waals surface area contributed by atoms with Crippen molar-refractivity contribution in [2.24, 2.45) is 0 Å². The number of rotatable bonds is 4. The monoisotopic (exact) mass is 282 g/mol. The molecule has 0 bridgehead atoms. The van der Waals surface area contributed by atoms with Gasteiger partial charge < -0.3 is 0 Å². The Labute approximate surface area is 123 Å². The molecular weight excluding hydrogens is 266 g/mol. The Morgan fingerprint density at radius 3 is 1.62 bits per heavy atom. The van der Waals surface area contributed by atoms with Crippen LogP contribution in [0.15, 0.2) is 61.7 Å². The van der Waals surface area contributed by atoms with Crippen molar-refractivity contribution in [3.8, 4) is 11.1 Å². The van der Waals surface area contributed by atoms with Gasteiger partial charge in [0, 0.05) is 5.41 Å². The van der Waals surface area contributed by atoms with E-state index in [4.69, 9.17) is 0 Å². The Kier molecular flexibility index (Phi) is 3.25. The molecule has 0 amide bonds. The van der Waals surface area contributed by atoms with Gasteiger partial charge in [-0.05, 0) is 59.4 Å². The third-order valence-corrected chi connectivity index (χ3v) is 4.27. The molecule has 0 fully saturated rings. The smallest absolute Gasteiger partial charge is 0.123 e. The SMILES string of the molecule is C=CCC1(CC=C)c2ccc(F)cc2-c2cc(F)ccc21. The number of allylic oxidation sites excluding steroid dienone is 2. The van der Waals surface area contributed by atoms with Crippen molar-refractivity contribution >= 4 is 0 Å². The summed E-state index contributed by atoms with van der Waals surface area (Å²) in [5.41, 5.74) is 3.25. The number of benzene rings is 2. The lowest BCUT2D eigenvalue weighted by atomic mass is 9.73. The Bertz CT molecular complexity index is 665. The Morgan fingerprint density at radius 1 is 0.810 bits per heavy atom. The summed E-state index contributed by atoms with van der Waals surface area (Å²) in [5, 5.41) is 0. The average molecular weight is 282 g/mol. The molecule has 0 spiro atoms. The molecule has 0 nitrogen and oxygen atoms in total. The standard InChI is InChI=1S/C19H16F2/c1-3-9-19(10-4-2)17-7-5-13(20)11-15(17)16-12-14(21)6-8-18(16)19/h3-8,11-12H,1-2,9-10H2. The van der Waals surface area contributed by atoms with Gasteiger partial charge in [-0.3, -0.25) is 0 Å². The summed E-state index contributed by atoms with van der Waals surface area (Å²) < 4.78 is 27.3. The maximum atomic E-state index is 13.6. The van der Waals surface area contributed by atoms with Crippen molar-refractivity contribution in [1.82, 2.24) is 0 Å². The lowest BCUT2D eigenvalue weighted by Crippen LogP contribution is -2.23. The van der Waals surface area contributed by atoms with Crippen LogP contribution in [0.3, 0.4) is 0 Å². The highest BCUT2D eigenvalue weighted by Crippen LogP contribution is 2.53. The first kappa shape index (κ1) is 13.7. The summed E-state index contributed by atoms with van der Waals surface area (Å²) in [7, 11) is 0. The van der Waals surface area contributed by atoms with Gasteiger partial charge in [0.1, 0.15) is 11.6 Å². The van der Waals surface area contributed by atoms with E-state index < -0.39 is 0 Å². The minimum atomic E-state index is -0.324. The van der Waals surface area contributed by atoms with Crippen LogP contribution in [0.25, 0.3) is 11.1 Å². The lowest BCUT2D eigenvalue weighted by molar-refractivity contribution is 0.540. The minimum Gasteiger partial charge on any atom is -0.207 e. The number of hydrogen-bond donors (Lipinski definition) is 0. The Morgan fingerprint density at radius 2 is 1.24 bits per heavy atom. The van der Waals surface area contributed by atoms with Crippen LogP contribution in [0.2, 0.25) is 0 Å². The maximum Gasteiger partial charge on any atom is 0.123 e. The molecule has 1 aliphatic carbocycles. The maximum absolute atomic E-state index is 13.6. The van der Waals surface area contributed by atoms with Gasteiger partial charge in [-0.25, -0.2) is 8.78 Å². The van der Waals surface area contributed by atoms with Crippen molar-refractivity contribution in [3.63, 3.8) is 0 Å². The first-order chi connectivity index (χ1) is 10.1. The predicted molar refractivity (Wildman–Crippen MR) is 82.2 cm³/mol. The molecule has 2 aromatic rings. The van der Waals surface area contributed by atoms with E-state index in [1.165, 1.54) is 24.3 Å². The zero-order chi connectivity index (χ0) is 15.0. The van der Waals surface area contributed by atoms with Gasteiger partial charge >= 0.3 is 0 Å². The van der Waals surface area contributed by atoms with Crippen molar-refractivity contribution in [1.29, 1.82) is 0 Å². The van der Waals surface area contributed by atoms with Gasteiger partial charge in [0.05, 0.1) is 0 Å². The number of halogens is 2. The van der Waals surface area contributed by atoms with Crippen LogP contribution >= 0.6 is 0 Å². The fourth-order valence-electron chi connectivity index (χ4n) is 3.47. The molecule has 0 saturated carbocycles. The van der Waals surface area contributed by atoms with Crippen LogP contribution in [0, 0.1) is 11.6 Å². The zero-order valence-corrected chi connectivity index (χ0v) is 11.7. The summed E-state index contributed by atoms with van der Waals surface area (Å²) in [6.45, 7) is 7.70. The van der Waals surface area contributed by atoms with Crippen LogP contribution < -0.4 is 0 Å². The largest absolute Gasteiger partial charge is 0.207 e. The number of fused-ring (bicyclic) bond motifs is 3. The van der Waals surface area contributed by atoms with Crippen molar-refractivity contribution in [2.45, 2.75) is 18.3 Å². The Balaban J connectivity index is 2.37. The highest BCUT2D eigenvalue weighted by atomic mass is 19.1. The van der Waals surface area contributed by atoms with E-state index in [1.807, 2.05) is 12.2 Å². The molecule has 106 valence electrons. The van der Waals surface area contributed by atoms with Gasteiger partial charge in [0.2, 0.25) is 0 Å². The van der Waals surface area contributed by atoms with Gasteiger partial charge in [-0.1, -0.05) is 24.3 Å². The zero-order valence-electron chi connectivity index (χ0n) is 11.7. The van der Waals surface area contributed by atoms with E-state index in [-0.39, 0.29) is 17.0 Å². The summed E-state index contributed by atoms with van der Waals surface area (Å²) >= 11 is 0. The summed E-state index contributed by atoms with van der Waals surface area (Å²) in [4.78, 5) is 0. The van der Waals surface area contributed by atoms with Crippen LogP contribution in [0.4, 0.5) is 8.78 Å². The topological polar surface area (TPSA) is 0 Å².